The number of benzene rings is 2. The number of nitrogens with one attached hydrogen (secondary N) is 1. The van der Waals surface area contributed by atoms with E-state index < -0.39 is 0 Å². The predicted molar refractivity (Wildman–Crippen MR) is 126 cm³/mol. The third-order valence-corrected chi connectivity index (χ3v) is 6.05. The highest BCUT2D eigenvalue weighted by atomic mass is 16.1. The quantitative estimate of drug-likeness (QED) is 0.706. The van der Waals surface area contributed by atoms with Gasteiger partial charge in [0.2, 0.25) is 0 Å². The number of rotatable bonds is 8. The van der Waals surface area contributed by atoms with E-state index in [9.17, 15) is 4.79 Å². The summed E-state index contributed by atoms with van der Waals surface area (Å²) >= 11 is 0. The number of anilines is 2. The molecule has 0 atom stereocenters. The number of likely N-dealkylation sites (N-methyl/N-ethyl adjacent to an activating group) is 1. The number of hydrogen-bond donors (Lipinski definition) is 1. The Bertz CT molecular complexity index is 810. The van der Waals surface area contributed by atoms with E-state index in [0.29, 0.717) is 11.6 Å². The van der Waals surface area contributed by atoms with E-state index >= 15 is 0 Å². The molecular formula is C25H36N4O. The Balaban J connectivity index is 1.66. The number of hydrogen-bond acceptors (Lipinski definition) is 4. The molecule has 0 unspecified atom stereocenters. The van der Waals surface area contributed by atoms with Crippen LogP contribution in [0.4, 0.5) is 11.4 Å². The van der Waals surface area contributed by atoms with Gasteiger partial charge in [-0.15, -0.1) is 0 Å². The molecule has 0 radical (unpaired) electrons. The summed E-state index contributed by atoms with van der Waals surface area (Å²) in [6.07, 6.45) is 0. The summed E-state index contributed by atoms with van der Waals surface area (Å²) in [5, 5.41) is 3.13. The summed E-state index contributed by atoms with van der Waals surface area (Å²) in [5.74, 6) is -0.0580. The van der Waals surface area contributed by atoms with Crippen molar-refractivity contribution in [2.24, 2.45) is 0 Å². The number of carbonyl (C=O) groups excluding carboxylic acids is 1. The van der Waals surface area contributed by atoms with Crippen LogP contribution in [0.2, 0.25) is 0 Å². The van der Waals surface area contributed by atoms with E-state index in [4.69, 9.17) is 0 Å². The summed E-state index contributed by atoms with van der Waals surface area (Å²) in [5.41, 5.74) is 3.91. The van der Waals surface area contributed by atoms with Crippen molar-refractivity contribution in [1.82, 2.24) is 9.80 Å². The van der Waals surface area contributed by atoms with Gasteiger partial charge in [0.15, 0.2) is 0 Å². The maximum Gasteiger partial charge on any atom is 0.255 e. The zero-order chi connectivity index (χ0) is 21.5. The van der Waals surface area contributed by atoms with Crippen molar-refractivity contribution in [2.75, 3.05) is 49.5 Å². The molecule has 2 aromatic carbocycles. The largest absolute Gasteiger partial charge is 0.367 e. The lowest BCUT2D eigenvalue weighted by molar-refractivity contribution is 0.102. The summed E-state index contributed by atoms with van der Waals surface area (Å²) in [6, 6.07) is 16.6. The van der Waals surface area contributed by atoms with E-state index in [1.807, 2.05) is 30.3 Å². The molecule has 0 spiro atoms. The Hall–Kier alpha value is -2.37. The number of nitrogens with zero attached hydrogens (tertiary/aromatic N) is 3. The summed E-state index contributed by atoms with van der Waals surface area (Å²) in [7, 11) is 0. The van der Waals surface area contributed by atoms with Crippen molar-refractivity contribution in [2.45, 2.75) is 40.3 Å². The van der Waals surface area contributed by atoms with Crippen molar-refractivity contribution in [1.29, 1.82) is 0 Å². The van der Waals surface area contributed by atoms with Gasteiger partial charge in [-0.1, -0.05) is 38.1 Å². The number of piperazine rings is 1. The number of para-hydroxylation sites is 2. The first-order valence-electron chi connectivity index (χ1n) is 11.2. The molecule has 3 rings (SSSR count). The number of carbonyl (C=O) groups is 1. The predicted octanol–water partition coefficient (Wildman–Crippen LogP) is 4.31. The molecule has 1 fully saturated rings. The fourth-order valence-electron chi connectivity index (χ4n) is 4.01. The van der Waals surface area contributed by atoms with Crippen LogP contribution in [0.25, 0.3) is 0 Å². The van der Waals surface area contributed by atoms with Crippen LogP contribution in [0.3, 0.4) is 0 Å². The lowest BCUT2D eigenvalue weighted by Crippen LogP contribution is -2.46. The van der Waals surface area contributed by atoms with Crippen LogP contribution < -0.4 is 10.2 Å². The molecule has 1 aliphatic heterocycles. The third kappa shape index (κ3) is 5.61. The lowest BCUT2D eigenvalue weighted by atomic mass is 10.1. The molecular weight excluding hydrogens is 372 g/mol. The molecule has 30 heavy (non-hydrogen) atoms. The van der Waals surface area contributed by atoms with E-state index in [2.05, 4.69) is 65.9 Å². The smallest absolute Gasteiger partial charge is 0.255 e. The van der Waals surface area contributed by atoms with Gasteiger partial charge in [0.25, 0.3) is 5.91 Å². The topological polar surface area (TPSA) is 38.8 Å². The monoisotopic (exact) mass is 408 g/mol. The maximum atomic E-state index is 12.9. The summed E-state index contributed by atoms with van der Waals surface area (Å²) in [4.78, 5) is 20.1. The Morgan fingerprint density at radius 2 is 1.67 bits per heavy atom. The highest BCUT2D eigenvalue weighted by molar-refractivity contribution is 6.06. The third-order valence-electron chi connectivity index (χ3n) is 6.05. The van der Waals surface area contributed by atoms with E-state index in [0.717, 1.165) is 57.2 Å². The average Bonchev–Trinajstić information content (AvgIpc) is 2.78. The zero-order valence-electron chi connectivity index (χ0n) is 18.9. The number of amides is 1. The van der Waals surface area contributed by atoms with Gasteiger partial charge in [0, 0.05) is 44.3 Å². The fourth-order valence-corrected chi connectivity index (χ4v) is 4.01. The molecule has 0 bridgehead atoms. The molecule has 0 saturated carbocycles. The minimum absolute atomic E-state index is 0.0580. The zero-order valence-corrected chi connectivity index (χ0v) is 18.9. The second-order valence-electron chi connectivity index (χ2n) is 8.25. The highest BCUT2D eigenvalue weighted by Gasteiger charge is 2.19. The first-order valence-corrected chi connectivity index (χ1v) is 11.2. The van der Waals surface area contributed by atoms with Gasteiger partial charge in [-0.25, -0.2) is 0 Å². The van der Waals surface area contributed by atoms with Crippen molar-refractivity contribution >= 4 is 17.3 Å². The molecule has 1 saturated heterocycles. The molecule has 0 aliphatic carbocycles. The molecule has 2 aromatic rings. The van der Waals surface area contributed by atoms with Crippen LogP contribution in [0.5, 0.6) is 0 Å². The van der Waals surface area contributed by atoms with Crippen LogP contribution in [0.15, 0.2) is 48.5 Å². The van der Waals surface area contributed by atoms with Gasteiger partial charge >= 0.3 is 0 Å². The lowest BCUT2D eigenvalue weighted by Gasteiger charge is -2.36. The Morgan fingerprint density at radius 1 is 1.00 bits per heavy atom. The van der Waals surface area contributed by atoms with E-state index in [-0.39, 0.29) is 5.91 Å². The average molecular weight is 409 g/mol. The van der Waals surface area contributed by atoms with Crippen molar-refractivity contribution in [3.63, 3.8) is 0 Å². The molecule has 1 N–H and O–H groups in total. The maximum absolute atomic E-state index is 12.9. The molecule has 5 nitrogen and oxygen atoms in total. The Morgan fingerprint density at radius 3 is 2.27 bits per heavy atom. The van der Waals surface area contributed by atoms with Gasteiger partial charge < -0.3 is 15.1 Å². The highest BCUT2D eigenvalue weighted by Crippen LogP contribution is 2.27. The SMILES string of the molecule is CCN1CCN(c2ccccc2NC(=O)c2ccc(CN(CC)C(C)C)cc2)CC1. The minimum Gasteiger partial charge on any atom is -0.367 e. The van der Waals surface area contributed by atoms with Gasteiger partial charge in [-0.3, -0.25) is 9.69 Å². The van der Waals surface area contributed by atoms with Crippen molar-refractivity contribution in [3.05, 3.63) is 59.7 Å². The standard InChI is InChI=1S/C25H36N4O/c1-5-27-15-17-29(18-16-27)24-10-8-7-9-23(24)26-25(30)22-13-11-21(12-14-22)19-28(6-2)20(3)4/h7-14,20H,5-6,15-19H2,1-4H3,(H,26,30). The van der Waals surface area contributed by atoms with Gasteiger partial charge in [-0.2, -0.15) is 0 Å². The molecule has 1 amide bonds. The van der Waals surface area contributed by atoms with Crippen molar-refractivity contribution < 1.29 is 4.79 Å². The fraction of sp³-hybridized carbons (Fsp3) is 0.480. The minimum atomic E-state index is -0.0580. The molecule has 0 aromatic heterocycles. The van der Waals surface area contributed by atoms with Crippen LogP contribution in [0.1, 0.15) is 43.6 Å². The summed E-state index contributed by atoms with van der Waals surface area (Å²) in [6.45, 7) is 15.9. The van der Waals surface area contributed by atoms with E-state index in [1.54, 1.807) is 0 Å². The van der Waals surface area contributed by atoms with Crippen LogP contribution in [0, 0.1) is 0 Å². The van der Waals surface area contributed by atoms with Gasteiger partial charge in [0.1, 0.15) is 0 Å². The summed E-state index contributed by atoms with van der Waals surface area (Å²) < 4.78 is 0. The van der Waals surface area contributed by atoms with Crippen LogP contribution in [-0.4, -0.2) is 61.0 Å². The first kappa shape index (κ1) is 22.3. The first-order chi connectivity index (χ1) is 14.5. The van der Waals surface area contributed by atoms with Crippen molar-refractivity contribution in [3.8, 4) is 0 Å². The van der Waals surface area contributed by atoms with Crippen LogP contribution >= 0.6 is 0 Å². The second kappa shape index (κ2) is 10.6. The molecule has 1 heterocycles. The Labute approximate surface area is 181 Å². The molecule has 1 aliphatic rings. The molecule has 5 heteroatoms. The van der Waals surface area contributed by atoms with Crippen LogP contribution in [-0.2, 0) is 6.54 Å². The van der Waals surface area contributed by atoms with Gasteiger partial charge in [-0.05, 0) is 56.8 Å². The molecule has 162 valence electrons. The Kier molecular flexibility index (Phi) is 7.88. The van der Waals surface area contributed by atoms with E-state index in [1.165, 1.54) is 5.56 Å². The van der Waals surface area contributed by atoms with Gasteiger partial charge in [0.05, 0.1) is 11.4 Å². The normalized spacial score (nSPS) is 15.1. The second-order valence-corrected chi connectivity index (χ2v) is 8.25.